The van der Waals surface area contributed by atoms with Crippen molar-refractivity contribution in [2.24, 2.45) is 0 Å². The molecule has 0 aromatic rings. The molecule has 2 nitrogen and oxygen atoms in total. The van der Waals surface area contributed by atoms with Gasteiger partial charge >= 0.3 is 0 Å². The van der Waals surface area contributed by atoms with Gasteiger partial charge in [-0.1, -0.05) is 71.6 Å². The summed E-state index contributed by atoms with van der Waals surface area (Å²) in [4.78, 5) is 0. The molecule has 103 valence electrons. The molecular formula is C15H31O2. The largest absolute Gasteiger partial charge is 0.390 e. The third-order valence-electron chi connectivity index (χ3n) is 3.37. The van der Waals surface area contributed by atoms with E-state index in [2.05, 4.69) is 13.8 Å². The maximum Gasteiger partial charge on any atom is 0.119 e. The third kappa shape index (κ3) is 10.8. The van der Waals surface area contributed by atoms with Crippen molar-refractivity contribution in [1.82, 2.24) is 0 Å². The fourth-order valence-corrected chi connectivity index (χ4v) is 2.11. The second-order valence-corrected chi connectivity index (χ2v) is 5.16. The quantitative estimate of drug-likeness (QED) is 0.504. The van der Waals surface area contributed by atoms with E-state index in [-0.39, 0.29) is 0 Å². The van der Waals surface area contributed by atoms with Gasteiger partial charge in [-0.2, -0.15) is 0 Å². The first-order valence-electron chi connectivity index (χ1n) is 7.56. The lowest BCUT2D eigenvalue weighted by Gasteiger charge is -2.15. The van der Waals surface area contributed by atoms with Crippen molar-refractivity contribution in [3.05, 3.63) is 0 Å². The SMILES string of the molecule is CCCCCCCC([O])C(O)CCCCCC. The number of rotatable bonds is 12. The first-order valence-corrected chi connectivity index (χ1v) is 7.56. The Morgan fingerprint density at radius 2 is 1.24 bits per heavy atom. The van der Waals surface area contributed by atoms with Gasteiger partial charge in [0, 0.05) is 0 Å². The van der Waals surface area contributed by atoms with E-state index in [0.717, 1.165) is 25.7 Å². The van der Waals surface area contributed by atoms with E-state index in [0.29, 0.717) is 12.8 Å². The monoisotopic (exact) mass is 243 g/mol. The summed E-state index contributed by atoms with van der Waals surface area (Å²) in [6, 6.07) is 0. The van der Waals surface area contributed by atoms with Crippen LogP contribution in [0.5, 0.6) is 0 Å². The van der Waals surface area contributed by atoms with E-state index < -0.39 is 12.2 Å². The van der Waals surface area contributed by atoms with Gasteiger partial charge < -0.3 is 5.11 Å². The molecule has 0 saturated carbocycles. The normalized spacial score (nSPS) is 14.8. The van der Waals surface area contributed by atoms with Crippen LogP contribution in [0.4, 0.5) is 0 Å². The fraction of sp³-hybridized carbons (Fsp3) is 1.00. The molecule has 0 bridgehead atoms. The fourth-order valence-electron chi connectivity index (χ4n) is 2.11. The maximum atomic E-state index is 11.7. The first kappa shape index (κ1) is 16.9. The molecule has 0 aromatic heterocycles. The van der Waals surface area contributed by atoms with Crippen LogP contribution in [0.15, 0.2) is 0 Å². The molecule has 0 aliphatic heterocycles. The van der Waals surface area contributed by atoms with E-state index in [1.165, 1.54) is 32.1 Å². The van der Waals surface area contributed by atoms with Gasteiger partial charge in [0.15, 0.2) is 0 Å². The molecule has 0 rings (SSSR count). The molecule has 0 aliphatic rings. The molecule has 0 saturated heterocycles. The lowest BCUT2D eigenvalue weighted by atomic mass is 10.0. The van der Waals surface area contributed by atoms with E-state index in [9.17, 15) is 10.2 Å². The van der Waals surface area contributed by atoms with Crippen LogP contribution in [0.3, 0.4) is 0 Å². The standard InChI is InChI=1S/C15H31O2/c1-3-5-7-9-11-13-15(17)14(16)12-10-8-6-4-2/h14-16H,3-13H2,1-2H3. The molecule has 0 spiro atoms. The molecule has 2 heteroatoms. The lowest BCUT2D eigenvalue weighted by Crippen LogP contribution is -2.24. The molecule has 0 aromatic carbocycles. The van der Waals surface area contributed by atoms with Crippen LogP contribution >= 0.6 is 0 Å². The van der Waals surface area contributed by atoms with Gasteiger partial charge in [-0.15, -0.1) is 0 Å². The summed E-state index contributed by atoms with van der Waals surface area (Å²) >= 11 is 0. The number of hydrogen-bond acceptors (Lipinski definition) is 1. The minimum atomic E-state index is -0.752. The van der Waals surface area contributed by atoms with Crippen LogP contribution in [-0.4, -0.2) is 17.3 Å². The highest BCUT2D eigenvalue weighted by Crippen LogP contribution is 2.14. The number of hydrogen-bond donors (Lipinski definition) is 1. The van der Waals surface area contributed by atoms with Crippen molar-refractivity contribution < 1.29 is 10.2 Å². The van der Waals surface area contributed by atoms with Gasteiger partial charge in [-0.25, -0.2) is 5.11 Å². The van der Waals surface area contributed by atoms with Crippen molar-refractivity contribution in [1.29, 1.82) is 0 Å². The van der Waals surface area contributed by atoms with Gasteiger partial charge in [0.05, 0.1) is 6.10 Å². The Morgan fingerprint density at radius 3 is 1.82 bits per heavy atom. The van der Waals surface area contributed by atoms with Crippen molar-refractivity contribution in [2.45, 2.75) is 96.7 Å². The van der Waals surface area contributed by atoms with E-state index >= 15 is 0 Å². The van der Waals surface area contributed by atoms with E-state index in [1.54, 1.807) is 0 Å². The Kier molecular flexibility index (Phi) is 12.3. The van der Waals surface area contributed by atoms with Crippen molar-refractivity contribution >= 4 is 0 Å². The Labute approximate surface area is 107 Å². The van der Waals surface area contributed by atoms with E-state index in [1.807, 2.05) is 0 Å². The Balaban J connectivity index is 3.36. The molecule has 17 heavy (non-hydrogen) atoms. The second-order valence-electron chi connectivity index (χ2n) is 5.16. The molecule has 0 heterocycles. The highest BCUT2D eigenvalue weighted by Gasteiger charge is 2.16. The van der Waals surface area contributed by atoms with Crippen LogP contribution in [0.25, 0.3) is 0 Å². The molecular weight excluding hydrogens is 212 g/mol. The predicted octanol–water partition coefficient (Wildman–Crippen LogP) is 4.48. The topological polar surface area (TPSA) is 40.1 Å². The summed E-state index contributed by atoms with van der Waals surface area (Å²) in [7, 11) is 0. The minimum absolute atomic E-state index is 0.613. The number of aliphatic hydroxyl groups is 1. The van der Waals surface area contributed by atoms with Gasteiger partial charge in [0.2, 0.25) is 0 Å². The number of aliphatic hydroxyl groups excluding tert-OH is 1. The van der Waals surface area contributed by atoms with Crippen LogP contribution in [0.2, 0.25) is 0 Å². The molecule has 0 amide bonds. The zero-order valence-electron chi connectivity index (χ0n) is 11.8. The average molecular weight is 243 g/mol. The van der Waals surface area contributed by atoms with E-state index in [4.69, 9.17) is 0 Å². The first-order chi connectivity index (χ1) is 8.22. The number of unbranched alkanes of at least 4 members (excludes halogenated alkanes) is 7. The molecule has 0 fully saturated rings. The summed E-state index contributed by atoms with van der Waals surface area (Å²) in [6.07, 6.45) is 10.4. The highest BCUT2D eigenvalue weighted by atomic mass is 16.3. The lowest BCUT2D eigenvalue weighted by molar-refractivity contribution is -0.0354. The minimum Gasteiger partial charge on any atom is -0.390 e. The van der Waals surface area contributed by atoms with Crippen molar-refractivity contribution in [3.63, 3.8) is 0 Å². The zero-order valence-corrected chi connectivity index (χ0v) is 11.8. The molecule has 2 unspecified atom stereocenters. The summed E-state index contributed by atoms with van der Waals surface area (Å²) in [5.41, 5.74) is 0. The van der Waals surface area contributed by atoms with Crippen molar-refractivity contribution in [2.75, 3.05) is 0 Å². The summed E-state index contributed by atoms with van der Waals surface area (Å²) in [5.74, 6) is 0. The summed E-state index contributed by atoms with van der Waals surface area (Å²) in [6.45, 7) is 4.36. The Morgan fingerprint density at radius 1 is 0.765 bits per heavy atom. The maximum absolute atomic E-state index is 11.7. The van der Waals surface area contributed by atoms with Crippen molar-refractivity contribution in [3.8, 4) is 0 Å². The second kappa shape index (κ2) is 12.4. The third-order valence-corrected chi connectivity index (χ3v) is 3.37. The van der Waals surface area contributed by atoms with Gasteiger partial charge in [-0.3, -0.25) is 0 Å². The predicted molar refractivity (Wildman–Crippen MR) is 72.6 cm³/mol. The van der Waals surface area contributed by atoms with Crippen LogP contribution < -0.4 is 0 Å². The molecule has 1 radical (unpaired) electrons. The summed E-state index contributed by atoms with van der Waals surface area (Å²) in [5, 5.41) is 21.4. The van der Waals surface area contributed by atoms with Crippen LogP contribution in [0.1, 0.15) is 84.5 Å². The van der Waals surface area contributed by atoms with Gasteiger partial charge in [0.1, 0.15) is 6.10 Å². The molecule has 2 atom stereocenters. The Hall–Kier alpha value is -0.0800. The highest BCUT2D eigenvalue weighted by molar-refractivity contribution is 4.67. The van der Waals surface area contributed by atoms with Gasteiger partial charge in [-0.05, 0) is 12.8 Å². The summed E-state index contributed by atoms with van der Waals surface area (Å²) < 4.78 is 0. The Bertz CT molecular complexity index is 148. The molecule has 0 aliphatic carbocycles. The van der Waals surface area contributed by atoms with Crippen LogP contribution in [0, 0.1) is 0 Å². The smallest absolute Gasteiger partial charge is 0.119 e. The van der Waals surface area contributed by atoms with Crippen LogP contribution in [-0.2, 0) is 5.11 Å². The molecule has 1 N–H and O–H groups in total. The van der Waals surface area contributed by atoms with Gasteiger partial charge in [0.25, 0.3) is 0 Å². The average Bonchev–Trinajstić information content (AvgIpc) is 2.34. The zero-order chi connectivity index (χ0) is 12.9.